The summed E-state index contributed by atoms with van der Waals surface area (Å²) in [4.78, 5) is 33.4. The third-order valence-corrected chi connectivity index (χ3v) is 7.71. The number of likely N-dealkylation sites (tertiary alicyclic amines) is 1. The molecule has 1 unspecified atom stereocenters. The minimum absolute atomic E-state index is 0.273. The van der Waals surface area contributed by atoms with Crippen molar-refractivity contribution in [3.8, 4) is 28.7 Å². The summed E-state index contributed by atoms with van der Waals surface area (Å²) in [7, 11) is 1.59. The second kappa shape index (κ2) is 13.3. The van der Waals surface area contributed by atoms with E-state index in [1.165, 1.54) is 12.3 Å². The number of pyridine rings is 1. The molecule has 0 spiro atoms. The van der Waals surface area contributed by atoms with Gasteiger partial charge in [0.15, 0.2) is 0 Å². The average Bonchev–Trinajstić information content (AvgIpc) is 3.36. The first-order chi connectivity index (χ1) is 20.8. The molecule has 2 N–H and O–H groups in total. The zero-order valence-corrected chi connectivity index (χ0v) is 23.9. The first kappa shape index (κ1) is 30.1. The summed E-state index contributed by atoms with van der Waals surface area (Å²) in [5.41, 5.74) is 2.45. The maximum atomic E-state index is 13.8. The molecule has 2 saturated heterocycles. The highest BCUT2D eigenvalue weighted by atomic mass is 19.3. The molecule has 1 atom stereocenters. The highest BCUT2D eigenvalue weighted by molar-refractivity contribution is 6.07. The van der Waals surface area contributed by atoms with Crippen LogP contribution in [0.25, 0.3) is 22.0 Å². The van der Waals surface area contributed by atoms with Crippen LogP contribution < -0.4 is 20.1 Å². The molecule has 2 aromatic carbocycles. The molecular formula is C31H34F2N6O4. The predicted octanol–water partition coefficient (Wildman–Crippen LogP) is 3.07. The van der Waals surface area contributed by atoms with E-state index in [1.807, 2.05) is 30.3 Å². The number of benzene rings is 2. The van der Waals surface area contributed by atoms with Crippen molar-refractivity contribution in [2.24, 2.45) is 0 Å². The molecular weight excluding hydrogens is 558 g/mol. The molecule has 0 saturated carbocycles. The summed E-state index contributed by atoms with van der Waals surface area (Å²) in [6.45, 7) is 4.14. The van der Waals surface area contributed by atoms with E-state index < -0.39 is 43.3 Å². The second-order valence-electron chi connectivity index (χ2n) is 10.7. The van der Waals surface area contributed by atoms with Gasteiger partial charge in [0.1, 0.15) is 17.5 Å². The van der Waals surface area contributed by atoms with Crippen molar-refractivity contribution >= 4 is 22.7 Å². The lowest BCUT2D eigenvalue weighted by Crippen LogP contribution is -2.43. The fourth-order valence-electron chi connectivity index (χ4n) is 5.45. The Bertz CT molecular complexity index is 1520. The fraction of sp³-hybridized carbons (Fsp3) is 0.419. The van der Waals surface area contributed by atoms with Crippen LogP contribution in [0.1, 0.15) is 23.2 Å². The number of ether oxygens (including phenoxy) is 2. The number of alkyl halides is 2. The number of rotatable bonds is 10. The van der Waals surface area contributed by atoms with E-state index in [4.69, 9.17) is 9.47 Å². The molecule has 3 heterocycles. The lowest BCUT2D eigenvalue weighted by atomic mass is 9.99. The number of amides is 2. The summed E-state index contributed by atoms with van der Waals surface area (Å²) in [5, 5.41) is 15.6. The number of aromatic nitrogens is 1. The van der Waals surface area contributed by atoms with Gasteiger partial charge < -0.3 is 29.9 Å². The molecule has 2 aliphatic rings. The normalized spacial score (nSPS) is 18.3. The molecule has 2 amide bonds. The Morgan fingerprint density at radius 3 is 2.77 bits per heavy atom. The number of carbonyl (C=O) groups excluding carboxylic acids is 2. The topological polar surface area (TPSA) is 120 Å². The van der Waals surface area contributed by atoms with Gasteiger partial charge in [0.2, 0.25) is 5.91 Å². The smallest absolute Gasteiger partial charge is 0.268 e. The van der Waals surface area contributed by atoms with Gasteiger partial charge >= 0.3 is 0 Å². The van der Waals surface area contributed by atoms with Gasteiger partial charge in [0, 0.05) is 62.4 Å². The average molecular weight is 593 g/mol. The van der Waals surface area contributed by atoms with Crippen molar-refractivity contribution in [3.63, 3.8) is 0 Å². The van der Waals surface area contributed by atoms with Gasteiger partial charge in [-0.2, -0.15) is 5.26 Å². The number of nitrogens with one attached hydrogen (secondary N) is 2. The number of hydrogen-bond donors (Lipinski definition) is 2. The monoisotopic (exact) mass is 592 g/mol. The largest absolute Gasteiger partial charge is 0.497 e. The third kappa shape index (κ3) is 7.18. The highest BCUT2D eigenvalue weighted by Crippen LogP contribution is 2.36. The van der Waals surface area contributed by atoms with E-state index in [1.54, 1.807) is 19.2 Å². The molecule has 0 aliphatic carbocycles. The van der Waals surface area contributed by atoms with Gasteiger partial charge in [-0.3, -0.25) is 14.6 Å². The minimum Gasteiger partial charge on any atom is -0.497 e. The highest BCUT2D eigenvalue weighted by Gasteiger charge is 2.47. The predicted molar refractivity (Wildman–Crippen MR) is 156 cm³/mol. The standard InChI is InChI=1S/C31H34F2N6O4/c1-42-23-4-5-24(28(16-23)43-14-2-11-38-12-9-35-10-13-38)21-3-6-27-26(15-21)25(7-8-36-27)30(41)37-19-29(40)39-20-31(32,33)17-22(39)18-34/h3-8,15-16,22,35H,2,9-14,17,19-20H2,1H3,(H,37,41). The number of hydrogen-bond acceptors (Lipinski definition) is 8. The molecule has 3 aromatic rings. The van der Waals surface area contributed by atoms with E-state index in [9.17, 15) is 23.6 Å². The van der Waals surface area contributed by atoms with Crippen molar-refractivity contribution < 1.29 is 27.8 Å². The molecule has 1 aromatic heterocycles. The molecule has 0 radical (unpaired) electrons. The lowest BCUT2D eigenvalue weighted by Gasteiger charge is -2.27. The summed E-state index contributed by atoms with van der Waals surface area (Å²) < 4.78 is 39.2. The fourth-order valence-corrected chi connectivity index (χ4v) is 5.45. The van der Waals surface area contributed by atoms with E-state index in [-0.39, 0.29) is 5.56 Å². The minimum atomic E-state index is -3.13. The van der Waals surface area contributed by atoms with Crippen LogP contribution in [0.15, 0.2) is 48.7 Å². The van der Waals surface area contributed by atoms with Gasteiger partial charge in [-0.15, -0.1) is 0 Å². The molecule has 43 heavy (non-hydrogen) atoms. The van der Waals surface area contributed by atoms with E-state index in [0.717, 1.165) is 55.2 Å². The quantitative estimate of drug-likeness (QED) is 0.345. The van der Waals surface area contributed by atoms with Crippen LogP contribution >= 0.6 is 0 Å². The van der Waals surface area contributed by atoms with Gasteiger partial charge in [0.05, 0.1) is 44.0 Å². The Labute approximate surface area is 248 Å². The van der Waals surface area contributed by atoms with Crippen molar-refractivity contribution in [1.29, 1.82) is 5.26 Å². The molecule has 2 aliphatic heterocycles. The van der Waals surface area contributed by atoms with Crippen LogP contribution in [0.3, 0.4) is 0 Å². The third-order valence-electron chi connectivity index (χ3n) is 7.71. The first-order valence-corrected chi connectivity index (χ1v) is 14.3. The zero-order chi connectivity index (χ0) is 30.4. The molecule has 0 bridgehead atoms. The maximum absolute atomic E-state index is 13.8. The number of carbonyl (C=O) groups is 2. The van der Waals surface area contributed by atoms with Crippen LogP contribution in [-0.2, 0) is 4.79 Å². The van der Waals surface area contributed by atoms with Crippen LogP contribution in [0.5, 0.6) is 11.5 Å². The summed E-state index contributed by atoms with van der Waals surface area (Å²) >= 11 is 0. The van der Waals surface area contributed by atoms with Gasteiger partial charge in [-0.1, -0.05) is 6.07 Å². The van der Waals surface area contributed by atoms with E-state index in [0.29, 0.717) is 29.0 Å². The Kier molecular flexibility index (Phi) is 9.33. The van der Waals surface area contributed by atoms with Crippen molar-refractivity contribution in [1.82, 2.24) is 25.4 Å². The van der Waals surface area contributed by atoms with Crippen molar-refractivity contribution in [2.45, 2.75) is 24.8 Å². The van der Waals surface area contributed by atoms with Crippen molar-refractivity contribution in [3.05, 3.63) is 54.2 Å². The maximum Gasteiger partial charge on any atom is 0.268 e. The number of nitriles is 1. The van der Waals surface area contributed by atoms with Crippen LogP contribution in [-0.4, -0.2) is 98.1 Å². The molecule has 2 fully saturated rings. The van der Waals surface area contributed by atoms with Gasteiger partial charge in [-0.05, 0) is 42.3 Å². The van der Waals surface area contributed by atoms with Crippen LogP contribution in [0, 0.1) is 11.3 Å². The Hall–Kier alpha value is -4.34. The van der Waals surface area contributed by atoms with Crippen LogP contribution in [0.4, 0.5) is 8.78 Å². The number of methoxy groups -OCH3 is 1. The Morgan fingerprint density at radius 1 is 1.19 bits per heavy atom. The number of halogens is 2. The van der Waals surface area contributed by atoms with E-state index in [2.05, 4.69) is 20.5 Å². The van der Waals surface area contributed by atoms with Gasteiger partial charge in [0.25, 0.3) is 11.8 Å². The van der Waals surface area contributed by atoms with Gasteiger partial charge in [-0.25, -0.2) is 8.78 Å². The molecule has 5 rings (SSSR count). The molecule has 12 heteroatoms. The lowest BCUT2D eigenvalue weighted by molar-refractivity contribution is -0.131. The summed E-state index contributed by atoms with van der Waals surface area (Å²) in [6.07, 6.45) is 1.64. The summed E-state index contributed by atoms with van der Waals surface area (Å²) in [5.74, 6) is -3.13. The SMILES string of the molecule is COc1ccc(-c2ccc3nccc(C(=O)NCC(=O)N4CC(F)(F)CC4C#N)c3c2)c(OCCCN2CCNCC2)c1. The number of piperazine rings is 1. The zero-order valence-electron chi connectivity index (χ0n) is 23.9. The van der Waals surface area contributed by atoms with E-state index >= 15 is 0 Å². The molecule has 10 nitrogen and oxygen atoms in total. The molecule has 226 valence electrons. The second-order valence-corrected chi connectivity index (χ2v) is 10.7. The number of fused-ring (bicyclic) bond motifs is 1. The van der Waals surface area contributed by atoms with Crippen molar-refractivity contribution in [2.75, 3.05) is 59.5 Å². The first-order valence-electron chi connectivity index (χ1n) is 14.3. The Morgan fingerprint density at radius 2 is 2.00 bits per heavy atom. The Balaban J connectivity index is 1.32. The summed E-state index contributed by atoms with van der Waals surface area (Å²) in [6, 6.07) is 13.2. The van der Waals surface area contributed by atoms with Crippen LogP contribution in [0.2, 0.25) is 0 Å². The number of nitrogens with zero attached hydrogens (tertiary/aromatic N) is 4.